The molecule has 2 rings (SSSR count). The number of benzene rings is 1. The maximum absolute atomic E-state index is 3.54. The largest absolute Gasteiger partial charge is 0.309 e. The normalized spacial score (nSPS) is 18.4. The maximum Gasteiger partial charge on any atom is 0.0234 e. The van der Waals surface area contributed by atoms with E-state index in [9.17, 15) is 0 Å². The zero-order valence-electron chi connectivity index (χ0n) is 11.4. The zero-order valence-corrected chi connectivity index (χ0v) is 13.0. The summed E-state index contributed by atoms with van der Waals surface area (Å²) in [5.41, 5.74) is 1.41. The van der Waals surface area contributed by atoms with E-state index in [2.05, 4.69) is 64.1 Å². The van der Waals surface area contributed by atoms with E-state index in [1.165, 1.54) is 42.5 Å². The number of likely N-dealkylation sites (tertiary alicyclic amines) is 1. The molecule has 2 nitrogen and oxygen atoms in total. The summed E-state index contributed by atoms with van der Waals surface area (Å²) in [5.74, 6) is 0.888. The van der Waals surface area contributed by atoms with Crippen molar-refractivity contribution in [1.82, 2.24) is 9.80 Å². The fraction of sp³-hybridized carbons (Fsp3) is 0.600. The van der Waals surface area contributed by atoms with Gasteiger partial charge in [0.25, 0.3) is 0 Å². The highest BCUT2D eigenvalue weighted by atomic mass is 79.9. The van der Waals surface area contributed by atoms with Gasteiger partial charge in [-0.15, -0.1) is 0 Å². The Labute approximate surface area is 119 Å². The Morgan fingerprint density at radius 2 is 2.00 bits per heavy atom. The molecule has 0 unspecified atom stereocenters. The van der Waals surface area contributed by atoms with Crippen LogP contribution in [-0.4, -0.2) is 43.5 Å². The SMILES string of the molecule is CN(C)CC1CCN(Cc2cccc(Br)c2)CC1. The Morgan fingerprint density at radius 3 is 2.61 bits per heavy atom. The van der Waals surface area contributed by atoms with Gasteiger partial charge in [-0.25, -0.2) is 0 Å². The van der Waals surface area contributed by atoms with Gasteiger partial charge in [0.05, 0.1) is 0 Å². The summed E-state index contributed by atoms with van der Waals surface area (Å²) >= 11 is 3.54. The summed E-state index contributed by atoms with van der Waals surface area (Å²) in [4.78, 5) is 4.89. The maximum atomic E-state index is 3.54. The molecule has 0 atom stereocenters. The van der Waals surface area contributed by atoms with Gasteiger partial charge in [-0.3, -0.25) is 4.90 Å². The molecule has 0 spiro atoms. The van der Waals surface area contributed by atoms with Crippen molar-refractivity contribution in [2.45, 2.75) is 19.4 Å². The van der Waals surface area contributed by atoms with Crippen LogP contribution in [0.4, 0.5) is 0 Å². The van der Waals surface area contributed by atoms with Gasteiger partial charge in [0.15, 0.2) is 0 Å². The molecule has 0 N–H and O–H groups in total. The van der Waals surface area contributed by atoms with Crippen molar-refractivity contribution in [1.29, 1.82) is 0 Å². The summed E-state index contributed by atoms with van der Waals surface area (Å²) in [5, 5.41) is 0. The van der Waals surface area contributed by atoms with Gasteiger partial charge in [0.2, 0.25) is 0 Å². The molecule has 1 aliphatic heterocycles. The van der Waals surface area contributed by atoms with Gasteiger partial charge in [-0.1, -0.05) is 28.1 Å². The molecule has 1 fully saturated rings. The van der Waals surface area contributed by atoms with Crippen LogP contribution in [0.3, 0.4) is 0 Å². The number of hydrogen-bond donors (Lipinski definition) is 0. The molecule has 0 radical (unpaired) electrons. The predicted octanol–water partition coefficient (Wildman–Crippen LogP) is 3.22. The molecule has 0 saturated carbocycles. The van der Waals surface area contributed by atoms with Crippen molar-refractivity contribution < 1.29 is 0 Å². The van der Waals surface area contributed by atoms with Crippen LogP contribution in [0.1, 0.15) is 18.4 Å². The molecule has 0 aromatic heterocycles. The lowest BCUT2D eigenvalue weighted by Crippen LogP contribution is -2.36. The van der Waals surface area contributed by atoms with E-state index in [0.29, 0.717) is 0 Å². The topological polar surface area (TPSA) is 6.48 Å². The quantitative estimate of drug-likeness (QED) is 0.842. The van der Waals surface area contributed by atoms with Crippen molar-refractivity contribution in [2.75, 3.05) is 33.7 Å². The average Bonchev–Trinajstić information content (AvgIpc) is 2.31. The molecule has 100 valence electrons. The third kappa shape index (κ3) is 4.38. The summed E-state index contributed by atoms with van der Waals surface area (Å²) in [6.45, 7) is 4.81. The first kappa shape index (κ1) is 14.0. The summed E-state index contributed by atoms with van der Waals surface area (Å²) in [6, 6.07) is 8.66. The fourth-order valence-electron chi connectivity index (χ4n) is 2.74. The number of rotatable bonds is 4. The third-order valence-corrected chi connectivity index (χ3v) is 4.12. The van der Waals surface area contributed by atoms with E-state index < -0.39 is 0 Å². The molecular weight excluding hydrogens is 288 g/mol. The highest BCUT2D eigenvalue weighted by Gasteiger charge is 2.19. The molecular formula is C15H23BrN2. The Bertz CT molecular complexity index is 371. The second-order valence-corrected chi connectivity index (χ2v) is 6.53. The van der Waals surface area contributed by atoms with Gasteiger partial charge in [0.1, 0.15) is 0 Å². The molecule has 0 bridgehead atoms. The highest BCUT2D eigenvalue weighted by molar-refractivity contribution is 9.10. The Morgan fingerprint density at radius 1 is 1.28 bits per heavy atom. The Hall–Kier alpha value is -0.380. The lowest BCUT2D eigenvalue weighted by atomic mass is 9.96. The molecule has 1 heterocycles. The lowest BCUT2D eigenvalue weighted by Gasteiger charge is -2.33. The first-order valence-corrected chi connectivity index (χ1v) is 7.54. The van der Waals surface area contributed by atoms with Gasteiger partial charge < -0.3 is 4.90 Å². The lowest BCUT2D eigenvalue weighted by molar-refractivity contribution is 0.157. The molecule has 1 saturated heterocycles. The molecule has 1 aromatic rings. The van der Waals surface area contributed by atoms with Gasteiger partial charge in [-0.05, 0) is 63.6 Å². The smallest absolute Gasteiger partial charge is 0.0234 e. The van der Waals surface area contributed by atoms with Crippen LogP contribution in [0.15, 0.2) is 28.7 Å². The molecule has 0 amide bonds. The number of nitrogens with zero attached hydrogens (tertiary/aromatic N) is 2. The number of piperidine rings is 1. The summed E-state index contributed by atoms with van der Waals surface area (Å²) < 4.78 is 1.18. The van der Waals surface area contributed by atoms with Crippen LogP contribution in [0, 0.1) is 5.92 Å². The first-order valence-electron chi connectivity index (χ1n) is 6.75. The van der Waals surface area contributed by atoms with Gasteiger partial charge in [0, 0.05) is 17.6 Å². The summed E-state index contributed by atoms with van der Waals surface area (Å²) in [7, 11) is 4.35. The van der Waals surface area contributed by atoms with E-state index in [0.717, 1.165) is 12.5 Å². The molecule has 18 heavy (non-hydrogen) atoms. The standard InChI is InChI=1S/C15H23BrN2/c1-17(2)11-13-6-8-18(9-7-13)12-14-4-3-5-15(16)10-14/h3-5,10,13H,6-9,11-12H2,1-2H3. The first-order chi connectivity index (χ1) is 8.63. The predicted molar refractivity (Wildman–Crippen MR) is 80.7 cm³/mol. The van der Waals surface area contributed by atoms with Crippen LogP contribution >= 0.6 is 15.9 Å². The fourth-order valence-corrected chi connectivity index (χ4v) is 3.18. The van der Waals surface area contributed by atoms with Crippen molar-refractivity contribution in [3.63, 3.8) is 0 Å². The van der Waals surface area contributed by atoms with E-state index >= 15 is 0 Å². The van der Waals surface area contributed by atoms with Crippen molar-refractivity contribution in [2.24, 2.45) is 5.92 Å². The van der Waals surface area contributed by atoms with Crippen LogP contribution in [-0.2, 0) is 6.54 Å². The molecule has 1 aliphatic rings. The minimum absolute atomic E-state index is 0.888. The van der Waals surface area contributed by atoms with E-state index in [1.807, 2.05) is 0 Å². The Balaban J connectivity index is 1.80. The second kappa shape index (κ2) is 6.69. The minimum Gasteiger partial charge on any atom is -0.309 e. The zero-order chi connectivity index (χ0) is 13.0. The van der Waals surface area contributed by atoms with E-state index in [1.54, 1.807) is 0 Å². The van der Waals surface area contributed by atoms with Crippen molar-refractivity contribution in [3.8, 4) is 0 Å². The van der Waals surface area contributed by atoms with Gasteiger partial charge in [-0.2, -0.15) is 0 Å². The minimum atomic E-state index is 0.888. The average molecular weight is 311 g/mol. The van der Waals surface area contributed by atoms with Crippen molar-refractivity contribution >= 4 is 15.9 Å². The number of hydrogen-bond acceptors (Lipinski definition) is 2. The molecule has 1 aromatic carbocycles. The van der Waals surface area contributed by atoms with Crippen LogP contribution < -0.4 is 0 Å². The number of halogens is 1. The van der Waals surface area contributed by atoms with E-state index in [-0.39, 0.29) is 0 Å². The van der Waals surface area contributed by atoms with Crippen LogP contribution in [0.2, 0.25) is 0 Å². The molecule has 0 aliphatic carbocycles. The second-order valence-electron chi connectivity index (χ2n) is 5.61. The third-order valence-electron chi connectivity index (χ3n) is 3.63. The van der Waals surface area contributed by atoms with Gasteiger partial charge >= 0.3 is 0 Å². The van der Waals surface area contributed by atoms with Crippen molar-refractivity contribution in [3.05, 3.63) is 34.3 Å². The monoisotopic (exact) mass is 310 g/mol. The van der Waals surface area contributed by atoms with Crippen LogP contribution in [0.5, 0.6) is 0 Å². The summed E-state index contributed by atoms with van der Waals surface area (Å²) in [6.07, 6.45) is 2.68. The van der Waals surface area contributed by atoms with Crippen LogP contribution in [0.25, 0.3) is 0 Å². The van der Waals surface area contributed by atoms with E-state index in [4.69, 9.17) is 0 Å². The Kier molecular flexibility index (Phi) is 5.22. The highest BCUT2D eigenvalue weighted by Crippen LogP contribution is 2.20. The molecule has 3 heteroatoms.